The first-order valence-electron chi connectivity index (χ1n) is 9.54. The topological polar surface area (TPSA) is 77.0 Å². The van der Waals surface area contributed by atoms with Crippen molar-refractivity contribution in [3.05, 3.63) is 41.5 Å². The van der Waals surface area contributed by atoms with E-state index in [4.69, 9.17) is 14.2 Å². The van der Waals surface area contributed by atoms with Crippen LogP contribution in [0.2, 0.25) is 0 Å². The molecular formula is C23H25NO5. The van der Waals surface area contributed by atoms with Crippen LogP contribution in [-0.2, 0) is 9.53 Å². The number of rotatable bonds is 3. The second kappa shape index (κ2) is 6.72. The molecule has 2 aromatic rings. The van der Waals surface area contributed by atoms with E-state index in [1.54, 1.807) is 6.07 Å². The second-order valence-corrected chi connectivity index (χ2v) is 8.00. The highest BCUT2D eigenvalue weighted by Gasteiger charge is 2.36. The van der Waals surface area contributed by atoms with Gasteiger partial charge in [-0.25, -0.2) is 0 Å². The Bertz CT molecular complexity index is 1040. The summed E-state index contributed by atoms with van der Waals surface area (Å²) >= 11 is 0. The van der Waals surface area contributed by atoms with Gasteiger partial charge in [-0.15, -0.1) is 0 Å². The van der Waals surface area contributed by atoms with E-state index in [1.807, 2.05) is 12.1 Å². The molecule has 2 aliphatic rings. The van der Waals surface area contributed by atoms with E-state index < -0.39 is 6.10 Å². The van der Waals surface area contributed by atoms with Crippen LogP contribution in [0.4, 0.5) is 5.69 Å². The van der Waals surface area contributed by atoms with Crippen molar-refractivity contribution in [1.29, 1.82) is 0 Å². The minimum atomic E-state index is -0.513. The van der Waals surface area contributed by atoms with Crippen LogP contribution in [0, 0.1) is 0 Å². The number of aromatic hydroxyl groups is 1. The van der Waals surface area contributed by atoms with E-state index in [2.05, 4.69) is 32.2 Å². The lowest BCUT2D eigenvalue weighted by Crippen LogP contribution is -2.32. The summed E-state index contributed by atoms with van der Waals surface area (Å²) in [5, 5.41) is 13.9. The third-order valence-corrected chi connectivity index (χ3v) is 5.42. The van der Waals surface area contributed by atoms with Crippen molar-refractivity contribution in [3.8, 4) is 28.4 Å². The first kappa shape index (κ1) is 19.2. The maximum absolute atomic E-state index is 12.1. The third kappa shape index (κ3) is 3.09. The molecule has 0 saturated heterocycles. The van der Waals surface area contributed by atoms with Gasteiger partial charge in [-0.2, -0.15) is 0 Å². The minimum Gasteiger partial charge on any atom is -0.504 e. The van der Waals surface area contributed by atoms with Gasteiger partial charge in [0.1, 0.15) is 11.9 Å². The summed E-state index contributed by atoms with van der Waals surface area (Å²) in [5.74, 6) is 0.604. The number of esters is 1. The van der Waals surface area contributed by atoms with E-state index in [-0.39, 0.29) is 23.7 Å². The molecular weight excluding hydrogens is 370 g/mol. The molecule has 0 saturated carbocycles. The van der Waals surface area contributed by atoms with Crippen LogP contribution in [0.1, 0.15) is 44.4 Å². The monoisotopic (exact) mass is 395 g/mol. The van der Waals surface area contributed by atoms with Gasteiger partial charge in [0.15, 0.2) is 11.5 Å². The fourth-order valence-corrected chi connectivity index (χ4v) is 4.40. The molecule has 152 valence electrons. The van der Waals surface area contributed by atoms with Crippen LogP contribution in [0.5, 0.6) is 17.2 Å². The fraction of sp³-hybridized carbons (Fsp3) is 0.348. The highest BCUT2D eigenvalue weighted by atomic mass is 16.5. The number of nitrogens with one attached hydrogen (secondary N) is 1. The predicted molar refractivity (Wildman–Crippen MR) is 111 cm³/mol. The number of hydrogen-bond donors (Lipinski definition) is 2. The number of carbonyl (C=O) groups excluding carboxylic acids is 1. The van der Waals surface area contributed by atoms with Gasteiger partial charge in [-0.05, 0) is 50.1 Å². The summed E-state index contributed by atoms with van der Waals surface area (Å²) < 4.78 is 16.6. The Hall–Kier alpha value is -3.15. The predicted octanol–water partition coefficient (Wildman–Crippen LogP) is 4.67. The second-order valence-electron chi connectivity index (χ2n) is 8.00. The lowest BCUT2D eigenvalue weighted by molar-refractivity contribution is -0.142. The van der Waals surface area contributed by atoms with Gasteiger partial charge in [0.2, 0.25) is 0 Å². The number of fused-ring (bicyclic) bond motifs is 5. The number of phenolic OH excluding ortho intramolecular Hbond substituents is 1. The zero-order chi connectivity index (χ0) is 20.9. The molecule has 29 heavy (non-hydrogen) atoms. The molecule has 2 aliphatic heterocycles. The van der Waals surface area contributed by atoms with Gasteiger partial charge in [-0.3, -0.25) is 4.79 Å². The summed E-state index contributed by atoms with van der Waals surface area (Å²) in [5.41, 5.74) is 5.35. The molecule has 1 atom stereocenters. The Labute approximate surface area is 170 Å². The minimum absolute atomic E-state index is 0.0384. The molecule has 1 unspecified atom stereocenters. The molecule has 6 heteroatoms. The number of anilines is 1. The quantitative estimate of drug-likeness (QED) is 0.736. The highest BCUT2D eigenvalue weighted by molar-refractivity contribution is 5.92. The summed E-state index contributed by atoms with van der Waals surface area (Å²) in [6.45, 7) is 6.28. The average molecular weight is 395 g/mol. The van der Waals surface area contributed by atoms with Crippen molar-refractivity contribution >= 4 is 17.2 Å². The largest absolute Gasteiger partial charge is 0.504 e. The summed E-state index contributed by atoms with van der Waals surface area (Å²) in [6.07, 6.45) is 1.74. The zero-order valence-electron chi connectivity index (χ0n) is 17.3. The first-order chi connectivity index (χ1) is 13.8. The third-order valence-electron chi connectivity index (χ3n) is 5.42. The van der Waals surface area contributed by atoms with E-state index in [1.165, 1.54) is 20.3 Å². The van der Waals surface area contributed by atoms with E-state index in [9.17, 15) is 9.90 Å². The standard InChI is InChI=1S/C23H25NO5/c1-12-11-23(2,3)24-14-7-6-13-20(19(12)14)17(10-18(26)27-4)29-16-9-8-15(25)22(28-5)21(13)16/h6-9,11,17,24-25H,10H2,1-5H3. The number of carbonyl (C=O) groups is 1. The Kier molecular flexibility index (Phi) is 4.45. The van der Waals surface area contributed by atoms with Gasteiger partial charge < -0.3 is 24.6 Å². The Balaban J connectivity index is 2.01. The van der Waals surface area contributed by atoms with Crippen LogP contribution < -0.4 is 14.8 Å². The van der Waals surface area contributed by atoms with Gasteiger partial charge in [0, 0.05) is 16.8 Å². The molecule has 0 aromatic heterocycles. The van der Waals surface area contributed by atoms with Crippen molar-refractivity contribution in [1.82, 2.24) is 0 Å². The zero-order valence-corrected chi connectivity index (χ0v) is 17.3. The van der Waals surface area contributed by atoms with Gasteiger partial charge in [0.05, 0.1) is 31.7 Å². The van der Waals surface area contributed by atoms with E-state index in [0.29, 0.717) is 17.1 Å². The molecule has 0 fully saturated rings. The Morgan fingerprint density at radius 2 is 1.97 bits per heavy atom. The normalized spacial score (nSPS) is 18.2. The van der Waals surface area contributed by atoms with Crippen molar-refractivity contribution in [2.24, 2.45) is 0 Å². The molecule has 0 radical (unpaired) electrons. The lowest BCUT2D eigenvalue weighted by atomic mass is 9.81. The number of phenols is 1. The molecule has 0 aliphatic carbocycles. The van der Waals surface area contributed by atoms with Gasteiger partial charge in [0.25, 0.3) is 0 Å². The van der Waals surface area contributed by atoms with Crippen molar-refractivity contribution < 1.29 is 24.1 Å². The van der Waals surface area contributed by atoms with Crippen LogP contribution in [0.25, 0.3) is 16.7 Å². The molecule has 2 N–H and O–H groups in total. The number of allylic oxidation sites excluding steroid dienone is 1. The molecule has 2 aromatic carbocycles. The Morgan fingerprint density at radius 1 is 1.21 bits per heavy atom. The van der Waals surface area contributed by atoms with Crippen molar-refractivity contribution in [2.45, 2.75) is 38.8 Å². The summed E-state index contributed by atoms with van der Waals surface area (Å²) in [7, 11) is 2.89. The number of hydrogen-bond acceptors (Lipinski definition) is 6. The first-order valence-corrected chi connectivity index (χ1v) is 9.54. The average Bonchev–Trinajstić information content (AvgIpc) is 2.66. The molecule has 0 spiro atoms. The number of methoxy groups -OCH3 is 2. The maximum atomic E-state index is 12.1. The summed E-state index contributed by atoms with van der Waals surface area (Å²) in [6, 6.07) is 7.25. The van der Waals surface area contributed by atoms with Crippen LogP contribution >= 0.6 is 0 Å². The maximum Gasteiger partial charge on any atom is 0.309 e. The molecule has 2 heterocycles. The Morgan fingerprint density at radius 3 is 2.66 bits per heavy atom. The van der Waals surface area contributed by atoms with E-state index in [0.717, 1.165) is 28.0 Å². The fourth-order valence-electron chi connectivity index (χ4n) is 4.40. The SMILES string of the molecule is COC(=O)CC1Oc2ccc(O)c(OC)c2-c2ccc3c(c21)C(C)=CC(C)(C)N3. The number of benzene rings is 2. The van der Waals surface area contributed by atoms with Crippen molar-refractivity contribution in [2.75, 3.05) is 19.5 Å². The lowest BCUT2D eigenvalue weighted by Gasteiger charge is -2.37. The van der Waals surface area contributed by atoms with Crippen molar-refractivity contribution in [3.63, 3.8) is 0 Å². The van der Waals surface area contributed by atoms with Crippen LogP contribution in [-0.4, -0.2) is 30.8 Å². The van der Waals surface area contributed by atoms with Crippen LogP contribution in [0.3, 0.4) is 0 Å². The van der Waals surface area contributed by atoms with Gasteiger partial charge >= 0.3 is 5.97 Å². The van der Waals surface area contributed by atoms with Crippen LogP contribution in [0.15, 0.2) is 30.3 Å². The molecule has 0 amide bonds. The number of ether oxygens (including phenoxy) is 3. The molecule has 4 rings (SSSR count). The highest BCUT2D eigenvalue weighted by Crippen LogP contribution is 2.54. The van der Waals surface area contributed by atoms with Gasteiger partial charge in [-0.1, -0.05) is 12.1 Å². The molecule has 0 bridgehead atoms. The molecule has 6 nitrogen and oxygen atoms in total. The smallest absolute Gasteiger partial charge is 0.309 e. The van der Waals surface area contributed by atoms with E-state index >= 15 is 0 Å². The summed E-state index contributed by atoms with van der Waals surface area (Å²) in [4.78, 5) is 12.1.